The number of aromatic amines is 1. The van der Waals surface area contributed by atoms with Gasteiger partial charge in [-0.05, 0) is 68.3 Å². The second-order valence-electron chi connectivity index (χ2n) is 13.6. The zero-order chi connectivity index (χ0) is 32.1. The average molecular weight is 642 g/mol. The van der Waals surface area contributed by atoms with Crippen molar-refractivity contribution in [2.24, 2.45) is 11.8 Å². The van der Waals surface area contributed by atoms with Crippen LogP contribution in [0.4, 0.5) is 0 Å². The molecular formula is C31H39N5O8S. The summed E-state index contributed by atoms with van der Waals surface area (Å²) in [5.74, 6) is -4.11. The molecule has 1 aromatic heterocycles. The Labute approximate surface area is 261 Å². The molecule has 3 saturated heterocycles. The molecule has 0 spiro atoms. The van der Waals surface area contributed by atoms with Gasteiger partial charge in [0.05, 0.1) is 12.2 Å². The zero-order valence-corrected chi connectivity index (χ0v) is 26.8. The van der Waals surface area contributed by atoms with Gasteiger partial charge in [-0.15, -0.1) is 4.33 Å². The number of carbonyl (C=O) groups is 3. The number of rotatable bonds is 7. The lowest BCUT2D eigenvalue weighted by atomic mass is 9.79. The maximum atomic E-state index is 14.4. The molecule has 0 radical (unpaired) electrons. The Morgan fingerprint density at radius 3 is 2.78 bits per heavy atom. The largest absolute Gasteiger partial charge is 0.361 e. The Hall–Kier alpha value is -3.30. The van der Waals surface area contributed by atoms with Crippen molar-refractivity contribution in [2.45, 2.75) is 76.2 Å². The average Bonchev–Trinajstić information content (AvgIpc) is 3.68. The molecule has 14 heteroatoms. The SMILES string of the molecule is CC(C)CC1C(=O)N2CCCC2C2(OOS(C)(=O)=O)OC(C)(NC(=O)C3C=C4c5cccc6[nH]cc(c56)CC4N(C)C3)C(=O)N12. The minimum Gasteiger partial charge on any atom is -0.361 e. The highest BCUT2D eigenvalue weighted by Crippen LogP contribution is 2.49. The van der Waals surface area contributed by atoms with Gasteiger partial charge in [0.25, 0.3) is 16.0 Å². The zero-order valence-electron chi connectivity index (χ0n) is 26.0. The van der Waals surface area contributed by atoms with Crippen LogP contribution in [-0.4, -0.2) is 102 Å². The van der Waals surface area contributed by atoms with Gasteiger partial charge in [-0.1, -0.05) is 32.1 Å². The van der Waals surface area contributed by atoms with Crippen LogP contribution in [0.15, 0.2) is 30.5 Å². The lowest BCUT2D eigenvalue weighted by Gasteiger charge is -2.50. The van der Waals surface area contributed by atoms with E-state index < -0.39 is 51.6 Å². The summed E-state index contributed by atoms with van der Waals surface area (Å²) in [4.78, 5) is 56.0. The van der Waals surface area contributed by atoms with Crippen LogP contribution in [0.25, 0.3) is 16.5 Å². The highest BCUT2D eigenvalue weighted by atomic mass is 32.2. The summed E-state index contributed by atoms with van der Waals surface area (Å²) >= 11 is 0. The predicted octanol–water partition coefficient (Wildman–Crippen LogP) is 1.71. The minimum absolute atomic E-state index is 0.00119. The maximum absolute atomic E-state index is 14.4. The maximum Gasteiger partial charge on any atom is 0.309 e. The van der Waals surface area contributed by atoms with E-state index in [0.29, 0.717) is 25.9 Å². The first-order valence-corrected chi connectivity index (χ1v) is 17.3. The summed E-state index contributed by atoms with van der Waals surface area (Å²) in [6.45, 7) is 6.07. The number of nitrogens with one attached hydrogen (secondary N) is 2. The third-order valence-electron chi connectivity index (χ3n) is 9.81. The van der Waals surface area contributed by atoms with Gasteiger partial charge in [0, 0.05) is 36.2 Å². The number of carbonyl (C=O) groups excluding carboxylic acids is 3. The van der Waals surface area contributed by atoms with Crippen LogP contribution in [-0.2, 0) is 44.9 Å². The van der Waals surface area contributed by atoms with E-state index in [2.05, 4.69) is 21.3 Å². The third kappa shape index (κ3) is 4.72. The Balaban J connectivity index is 1.24. The van der Waals surface area contributed by atoms with Crippen LogP contribution in [0.1, 0.15) is 51.2 Å². The number of nitrogens with zero attached hydrogens (tertiary/aromatic N) is 3. The molecule has 45 heavy (non-hydrogen) atoms. The van der Waals surface area contributed by atoms with E-state index >= 15 is 0 Å². The molecule has 242 valence electrons. The molecular weight excluding hydrogens is 602 g/mol. The molecule has 2 N–H and O–H groups in total. The molecule has 13 nitrogen and oxygen atoms in total. The number of piperazine rings is 1. The van der Waals surface area contributed by atoms with Crippen molar-refractivity contribution in [1.29, 1.82) is 0 Å². The van der Waals surface area contributed by atoms with Gasteiger partial charge in [-0.3, -0.25) is 28.9 Å². The van der Waals surface area contributed by atoms with E-state index in [1.54, 1.807) is 4.90 Å². The van der Waals surface area contributed by atoms with E-state index in [1.165, 1.54) is 17.4 Å². The number of fused-ring (bicyclic) bond motifs is 5. The second-order valence-corrected chi connectivity index (χ2v) is 15.1. The Morgan fingerprint density at radius 1 is 1.27 bits per heavy atom. The lowest BCUT2D eigenvalue weighted by Crippen LogP contribution is -2.72. The number of benzene rings is 1. The highest BCUT2D eigenvalue weighted by Gasteiger charge is 2.72. The number of hydrogen-bond acceptors (Lipinski definition) is 9. The monoisotopic (exact) mass is 641 g/mol. The Kier molecular flexibility index (Phi) is 6.99. The lowest BCUT2D eigenvalue weighted by molar-refractivity contribution is -0.438. The molecule has 1 aromatic carbocycles. The Bertz CT molecular complexity index is 1740. The van der Waals surface area contributed by atoms with Crippen molar-refractivity contribution in [2.75, 3.05) is 26.4 Å². The standard InChI is InChI=1S/C31H39N5O8S/c1-17(2)12-24-28(38)35-11-7-10-25(35)31(43-44-45(5,40)41)36(24)29(39)30(3,42-31)33-27(37)19-13-21-20-8-6-9-22-26(20)18(15-32-22)14-23(21)34(4)16-19/h6,8-9,13,15,17,19,23-25,32H,7,10-12,14,16H2,1-5H3,(H,33,37). The molecule has 4 aliphatic heterocycles. The van der Waals surface area contributed by atoms with Gasteiger partial charge < -0.3 is 15.2 Å². The van der Waals surface area contributed by atoms with E-state index in [4.69, 9.17) is 14.0 Å². The van der Waals surface area contributed by atoms with Crippen molar-refractivity contribution < 1.29 is 36.8 Å². The Morgan fingerprint density at radius 2 is 2.04 bits per heavy atom. The summed E-state index contributed by atoms with van der Waals surface area (Å²) in [7, 11) is -2.16. The molecule has 0 saturated carbocycles. The first-order chi connectivity index (χ1) is 21.2. The van der Waals surface area contributed by atoms with E-state index in [-0.39, 0.29) is 24.3 Å². The molecule has 7 rings (SSSR count). The molecule has 6 unspecified atom stereocenters. The molecule has 0 bridgehead atoms. The number of hydrogen-bond donors (Lipinski definition) is 2. The van der Waals surface area contributed by atoms with Gasteiger partial charge in [-0.25, -0.2) is 0 Å². The molecule has 3 amide bonds. The molecule has 5 aliphatic rings. The minimum atomic E-state index is -4.14. The molecule has 6 atom stereocenters. The summed E-state index contributed by atoms with van der Waals surface area (Å²) < 4.78 is 35.5. The van der Waals surface area contributed by atoms with E-state index in [0.717, 1.165) is 34.7 Å². The van der Waals surface area contributed by atoms with Crippen LogP contribution in [0.3, 0.4) is 0 Å². The van der Waals surface area contributed by atoms with Gasteiger partial charge >= 0.3 is 5.91 Å². The van der Waals surface area contributed by atoms with Gasteiger partial charge in [0.1, 0.15) is 12.1 Å². The summed E-state index contributed by atoms with van der Waals surface area (Å²) in [6, 6.07) is 4.35. The number of amides is 3. The smallest absolute Gasteiger partial charge is 0.309 e. The number of likely N-dealkylation sites (N-methyl/N-ethyl adjacent to an activating group) is 1. The van der Waals surface area contributed by atoms with E-state index in [9.17, 15) is 22.8 Å². The fourth-order valence-corrected chi connectivity index (χ4v) is 8.17. The fraction of sp³-hybridized carbons (Fsp3) is 0.581. The summed E-state index contributed by atoms with van der Waals surface area (Å²) in [5, 5.41) is 3.98. The van der Waals surface area contributed by atoms with Crippen LogP contribution in [0.2, 0.25) is 0 Å². The van der Waals surface area contributed by atoms with Crippen LogP contribution < -0.4 is 5.32 Å². The van der Waals surface area contributed by atoms with Crippen molar-refractivity contribution in [1.82, 2.24) is 25.0 Å². The number of H-pyrrole nitrogens is 1. The molecule has 1 aliphatic carbocycles. The topological polar surface area (TPSA) is 151 Å². The first-order valence-electron chi connectivity index (χ1n) is 15.5. The first kappa shape index (κ1) is 30.4. The van der Waals surface area contributed by atoms with Gasteiger partial charge in [-0.2, -0.15) is 13.3 Å². The predicted molar refractivity (Wildman–Crippen MR) is 162 cm³/mol. The molecule has 3 fully saturated rings. The van der Waals surface area contributed by atoms with Crippen molar-refractivity contribution in [3.63, 3.8) is 0 Å². The highest BCUT2D eigenvalue weighted by molar-refractivity contribution is 7.85. The van der Waals surface area contributed by atoms with Gasteiger partial charge in [0.2, 0.25) is 17.5 Å². The van der Waals surface area contributed by atoms with Crippen molar-refractivity contribution in [3.05, 3.63) is 41.6 Å². The van der Waals surface area contributed by atoms with Crippen LogP contribution >= 0.6 is 0 Å². The summed E-state index contributed by atoms with van der Waals surface area (Å²) in [6.07, 6.45) is 6.91. The number of ether oxygens (including phenoxy) is 1. The van der Waals surface area contributed by atoms with Gasteiger partial charge in [0.15, 0.2) is 0 Å². The fourth-order valence-electron chi connectivity index (χ4n) is 7.95. The normalized spacial score (nSPS) is 33.0. The number of aromatic nitrogens is 1. The second kappa shape index (κ2) is 10.4. The van der Waals surface area contributed by atoms with E-state index in [1.807, 2.05) is 45.3 Å². The van der Waals surface area contributed by atoms with Crippen LogP contribution in [0.5, 0.6) is 0 Å². The quantitative estimate of drug-likeness (QED) is 0.340. The van der Waals surface area contributed by atoms with Crippen molar-refractivity contribution in [3.8, 4) is 0 Å². The van der Waals surface area contributed by atoms with Crippen molar-refractivity contribution >= 4 is 44.3 Å². The van der Waals surface area contributed by atoms with Crippen LogP contribution in [0, 0.1) is 11.8 Å². The third-order valence-corrected chi connectivity index (χ3v) is 10.1. The summed E-state index contributed by atoms with van der Waals surface area (Å²) in [5.41, 5.74) is 2.43. The molecule has 2 aromatic rings. The molecule has 5 heterocycles.